The molecule has 1 fully saturated rings. The summed E-state index contributed by atoms with van der Waals surface area (Å²) in [5.74, 6) is 0.617. The van der Waals surface area contributed by atoms with E-state index in [1.165, 1.54) is 11.3 Å². The van der Waals surface area contributed by atoms with Crippen LogP contribution in [0.4, 0.5) is 0 Å². The number of nitrogens with one attached hydrogen (secondary N) is 2. The van der Waals surface area contributed by atoms with Crippen molar-refractivity contribution in [2.24, 2.45) is 5.92 Å². The second-order valence-corrected chi connectivity index (χ2v) is 6.92. The zero-order valence-electron chi connectivity index (χ0n) is 8.98. The van der Waals surface area contributed by atoms with E-state index in [9.17, 15) is 8.42 Å². The van der Waals surface area contributed by atoms with Crippen LogP contribution in [0.3, 0.4) is 0 Å². The third kappa shape index (κ3) is 3.04. The Morgan fingerprint density at radius 3 is 3.06 bits per heavy atom. The van der Waals surface area contributed by atoms with Gasteiger partial charge in [0.05, 0.1) is 0 Å². The van der Waals surface area contributed by atoms with Crippen molar-refractivity contribution in [1.82, 2.24) is 10.0 Å². The van der Waals surface area contributed by atoms with Crippen molar-refractivity contribution < 1.29 is 8.42 Å². The van der Waals surface area contributed by atoms with Gasteiger partial charge in [0, 0.05) is 6.54 Å². The molecule has 6 heteroatoms. The van der Waals surface area contributed by atoms with E-state index in [2.05, 4.69) is 10.0 Å². The predicted molar refractivity (Wildman–Crippen MR) is 65.1 cm³/mol. The van der Waals surface area contributed by atoms with Crippen LogP contribution in [-0.2, 0) is 10.0 Å². The van der Waals surface area contributed by atoms with Crippen LogP contribution in [0.15, 0.2) is 21.7 Å². The number of rotatable bonds is 5. The molecule has 0 bridgehead atoms. The molecule has 0 spiro atoms. The van der Waals surface area contributed by atoms with Crippen LogP contribution in [0, 0.1) is 5.92 Å². The van der Waals surface area contributed by atoms with Crippen molar-refractivity contribution in [2.45, 2.75) is 17.1 Å². The normalized spacial score (nSPS) is 21.4. The third-order valence-corrected chi connectivity index (χ3v) is 5.63. The molecule has 2 rings (SSSR count). The number of hydrogen-bond acceptors (Lipinski definition) is 4. The summed E-state index contributed by atoms with van der Waals surface area (Å²) >= 11 is 1.25. The zero-order chi connectivity index (χ0) is 11.4. The van der Waals surface area contributed by atoms with Crippen LogP contribution in [-0.4, -0.2) is 28.1 Å². The van der Waals surface area contributed by atoms with Crippen LogP contribution < -0.4 is 10.0 Å². The van der Waals surface area contributed by atoms with Gasteiger partial charge in [-0.25, -0.2) is 13.1 Å². The van der Waals surface area contributed by atoms with E-state index in [0.717, 1.165) is 25.9 Å². The second kappa shape index (κ2) is 5.27. The summed E-state index contributed by atoms with van der Waals surface area (Å²) in [6.07, 6.45) is 2.07. The van der Waals surface area contributed by atoms with Crippen molar-refractivity contribution in [1.29, 1.82) is 0 Å². The lowest BCUT2D eigenvalue weighted by Crippen LogP contribution is -2.26. The summed E-state index contributed by atoms with van der Waals surface area (Å²) in [7, 11) is -3.26. The Hall–Kier alpha value is -0.430. The molecule has 1 aliphatic rings. The highest BCUT2D eigenvalue weighted by Gasteiger charge is 2.17. The molecule has 16 heavy (non-hydrogen) atoms. The smallest absolute Gasteiger partial charge is 0.250 e. The van der Waals surface area contributed by atoms with Crippen molar-refractivity contribution in [3.05, 3.63) is 17.5 Å². The summed E-state index contributed by atoms with van der Waals surface area (Å²) in [4.78, 5) is 0. The Bertz CT molecular complexity index is 408. The Labute approximate surface area is 100 Å². The van der Waals surface area contributed by atoms with Gasteiger partial charge in [-0.05, 0) is 43.3 Å². The molecule has 1 atom stereocenters. The largest absolute Gasteiger partial charge is 0.316 e. The molecule has 0 saturated carbocycles. The van der Waals surface area contributed by atoms with E-state index in [-0.39, 0.29) is 0 Å². The first-order chi connectivity index (χ1) is 7.68. The first-order valence-corrected chi connectivity index (χ1v) is 7.78. The van der Waals surface area contributed by atoms with E-state index in [1.54, 1.807) is 17.5 Å². The van der Waals surface area contributed by atoms with Crippen LogP contribution in [0.1, 0.15) is 12.8 Å². The van der Waals surface area contributed by atoms with E-state index in [0.29, 0.717) is 16.7 Å². The molecule has 2 heterocycles. The van der Waals surface area contributed by atoms with Gasteiger partial charge in [0.1, 0.15) is 4.21 Å². The standard InChI is InChI=1S/C10H16N2O2S2/c13-16(14,10-2-1-7-15-10)12-6-4-9-3-5-11-8-9/h1-2,7,9,11-12H,3-6,8H2. The average molecular weight is 260 g/mol. The molecule has 1 aromatic rings. The summed E-state index contributed by atoms with van der Waals surface area (Å²) in [5.41, 5.74) is 0. The number of sulfonamides is 1. The Balaban J connectivity index is 1.81. The SMILES string of the molecule is O=S(=O)(NCCC1CCNC1)c1cccs1. The van der Waals surface area contributed by atoms with Gasteiger partial charge >= 0.3 is 0 Å². The summed E-state index contributed by atoms with van der Waals surface area (Å²) < 4.78 is 26.5. The molecule has 2 N–H and O–H groups in total. The van der Waals surface area contributed by atoms with Crippen LogP contribution in [0.25, 0.3) is 0 Å². The predicted octanol–water partition coefficient (Wildman–Crippen LogP) is 1.03. The molecule has 0 aromatic carbocycles. The van der Waals surface area contributed by atoms with E-state index in [4.69, 9.17) is 0 Å². The van der Waals surface area contributed by atoms with Gasteiger partial charge in [0.25, 0.3) is 0 Å². The first-order valence-electron chi connectivity index (χ1n) is 5.42. The van der Waals surface area contributed by atoms with Gasteiger partial charge in [-0.2, -0.15) is 0 Å². The fourth-order valence-electron chi connectivity index (χ4n) is 1.85. The lowest BCUT2D eigenvalue weighted by molar-refractivity contribution is 0.520. The minimum Gasteiger partial charge on any atom is -0.316 e. The molecule has 0 aliphatic carbocycles. The van der Waals surface area contributed by atoms with Gasteiger partial charge < -0.3 is 5.32 Å². The highest BCUT2D eigenvalue weighted by Crippen LogP contribution is 2.16. The van der Waals surface area contributed by atoms with Crippen molar-refractivity contribution in [3.8, 4) is 0 Å². The monoisotopic (exact) mass is 260 g/mol. The summed E-state index contributed by atoms with van der Waals surface area (Å²) in [5, 5.41) is 5.05. The maximum Gasteiger partial charge on any atom is 0.250 e. The molecule has 90 valence electrons. The molecule has 1 unspecified atom stereocenters. The van der Waals surface area contributed by atoms with E-state index in [1.807, 2.05) is 0 Å². The van der Waals surface area contributed by atoms with Crippen LogP contribution >= 0.6 is 11.3 Å². The molecule has 0 radical (unpaired) electrons. The molecule has 1 saturated heterocycles. The maximum atomic E-state index is 11.8. The fraction of sp³-hybridized carbons (Fsp3) is 0.600. The average Bonchev–Trinajstić information content (AvgIpc) is 2.90. The van der Waals surface area contributed by atoms with E-state index >= 15 is 0 Å². The summed E-state index contributed by atoms with van der Waals surface area (Å²) in [6.45, 7) is 2.61. The van der Waals surface area contributed by atoms with Crippen molar-refractivity contribution >= 4 is 21.4 Å². The van der Waals surface area contributed by atoms with Gasteiger partial charge in [-0.3, -0.25) is 0 Å². The second-order valence-electron chi connectivity index (χ2n) is 3.98. The van der Waals surface area contributed by atoms with Gasteiger partial charge in [-0.15, -0.1) is 11.3 Å². The van der Waals surface area contributed by atoms with E-state index < -0.39 is 10.0 Å². The summed E-state index contributed by atoms with van der Waals surface area (Å²) in [6, 6.07) is 3.38. The Morgan fingerprint density at radius 1 is 1.56 bits per heavy atom. The highest BCUT2D eigenvalue weighted by atomic mass is 32.2. The van der Waals surface area contributed by atoms with Crippen molar-refractivity contribution in [3.63, 3.8) is 0 Å². The first kappa shape index (κ1) is 12.0. The van der Waals surface area contributed by atoms with Crippen molar-refractivity contribution in [2.75, 3.05) is 19.6 Å². The third-order valence-electron chi connectivity index (χ3n) is 2.77. The minimum absolute atomic E-state index is 0.400. The number of thiophene rings is 1. The number of hydrogen-bond donors (Lipinski definition) is 2. The lowest BCUT2D eigenvalue weighted by Gasteiger charge is -2.08. The molecular weight excluding hydrogens is 244 g/mol. The maximum absolute atomic E-state index is 11.8. The Kier molecular flexibility index (Phi) is 3.96. The molecule has 0 amide bonds. The molecule has 1 aromatic heterocycles. The van der Waals surface area contributed by atoms with Crippen LogP contribution in [0.2, 0.25) is 0 Å². The van der Waals surface area contributed by atoms with Crippen LogP contribution in [0.5, 0.6) is 0 Å². The fourth-order valence-corrected chi connectivity index (χ4v) is 3.93. The lowest BCUT2D eigenvalue weighted by atomic mass is 10.1. The van der Waals surface area contributed by atoms with Gasteiger partial charge in [0.2, 0.25) is 10.0 Å². The topological polar surface area (TPSA) is 58.2 Å². The van der Waals surface area contributed by atoms with Gasteiger partial charge in [0.15, 0.2) is 0 Å². The molecule has 4 nitrogen and oxygen atoms in total. The quantitative estimate of drug-likeness (QED) is 0.831. The molecular formula is C10H16N2O2S2. The minimum atomic E-state index is -3.26. The van der Waals surface area contributed by atoms with Gasteiger partial charge in [-0.1, -0.05) is 6.07 Å². The zero-order valence-corrected chi connectivity index (χ0v) is 10.6. The highest BCUT2D eigenvalue weighted by molar-refractivity contribution is 7.91. The Morgan fingerprint density at radius 2 is 2.44 bits per heavy atom. The molecule has 1 aliphatic heterocycles.